The first-order valence-corrected chi connectivity index (χ1v) is 17.1. The molecule has 1 saturated carbocycles. The first-order valence-electron chi connectivity index (χ1n) is 17.1. The molecule has 248 valence electrons. The number of esters is 1. The highest BCUT2D eigenvalue weighted by molar-refractivity contribution is 5.91. The van der Waals surface area contributed by atoms with Crippen molar-refractivity contribution in [1.82, 2.24) is 30.0 Å². The molecule has 8 rings (SSSR count). The van der Waals surface area contributed by atoms with Crippen LogP contribution in [0, 0.1) is 0 Å². The molecule has 10 heteroatoms. The number of unbranched alkanes of at least 4 members (excludes halogenated alkanes) is 1. The summed E-state index contributed by atoms with van der Waals surface area (Å²) < 4.78 is 16.4. The topological polar surface area (TPSA) is 117 Å². The molecule has 10 nitrogen and oxygen atoms in total. The molecule has 2 aliphatic heterocycles. The Morgan fingerprint density at radius 1 is 1.00 bits per heavy atom. The predicted molar refractivity (Wildman–Crippen MR) is 183 cm³/mol. The van der Waals surface area contributed by atoms with Crippen LogP contribution in [-0.2, 0) is 21.4 Å². The normalized spacial score (nSPS) is 18.8. The Morgan fingerprint density at radius 3 is 2.48 bits per heavy atom. The Balaban J connectivity index is 1.13. The van der Waals surface area contributed by atoms with Crippen molar-refractivity contribution < 1.29 is 14.3 Å². The molecule has 48 heavy (non-hydrogen) atoms. The zero-order valence-corrected chi connectivity index (χ0v) is 27.6. The van der Waals surface area contributed by atoms with Crippen molar-refractivity contribution in [2.24, 2.45) is 0 Å². The molecule has 3 aliphatic rings. The number of ether oxygens (including phenoxy) is 2. The molecule has 1 atom stereocenters. The van der Waals surface area contributed by atoms with Gasteiger partial charge in [-0.3, -0.25) is 9.48 Å². The first kappa shape index (κ1) is 31.8. The molecule has 1 unspecified atom stereocenters. The minimum atomic E-state index is -0.420. The van der Waals surface area contributed by atoms with E-state index in [1.165, 1.54) is 0 Å². The molecule has 1 fully saturated rings. The fourth-order valence-electron chi connectivity index (χ4n) is 7.57. The Bertz CT molecular complexity index is 1920. The summed E-state index contributed by atoms with van der Waals surface area (Å²) in [7, 11) is 0. The van der Waals surface area contributed by atoms with Crippen LogP contribution in [0.25, 0.3) is 22.5 Å². The second-order valence-electron chi connectivity index (χ2n) is 13.0. The minimum Gasteiger partial charge on any atom is -0.462 e. The molecule has 0 amide bonds. The lowest BCUT2D eigenvalue weighted by atomic mass is 9.78. The summed E-state index contributed by atoms with van der Waals surface area (Å²) in [6.45, 7) is 4.72. The molecule has 0 spiro atoms. The van der Waals surface area contributed by atoms with Crippen molar-refractivity contribution in [3.63, 3.8) is 0 Å². The van der Waals surface area contributed by atoms with Crippen LogP contribution in [0.15, 0.2) is 83.8 Å². The average Bonchev–Trinajstić information content (AvgIpc) is 3.79. The fraction of sp³-hybridized carbons (Fsp3) is 0.395. The fourth-order valence-corrected chi connectivity index (χ4v) is 7.57. The third kappa shape index (κ3) is 6.01. The number of carbonyl (C=O) groups is 1. The summed E-state index contributed by atoms with van der Waals surface area (Å²) >= 11 is 0. The highest BCUT2D eigenvalue weighted by Crippen LogP contribution is 2.46. The van der Waals surface area contributed by atoms with Crippen molar-refractivity contribution in [3.05, 3.63) is 112 Å². The number of carbonyl (C=O) groups excluding carboxylic acids is 1. The van der Waals surface area contributed by atoms with Gasteiger partial charge in [0.05, 0.1) is 36.5 Å². The van der Waals surface area contributed by atoms with E-state index in [-0.39, 0.29) is 17.6 Å². The smallest absolute Gasteiger partial charge is 0.338 e. The summed E-state index contributed by atoms with van der Waals surface area (Å²) in [6.07, 6.45) is 8.98. The summed E-state index contributed by atoms with van der Waals surface area (Å²) in [5, 5.41) is 14.4. The van der Waals surface area contributed by atoms with Crippen molar-refractivity contribution in [2.45, 2.75) is 82.9 Å². The maximum atomic E-state index is 14.2. The van der Waals surface area contributed by atoms with Gasteiger partial charge in [-0.1, -0.05) is 86.5 Å². The zero-order chi connectivity index (χ0) is 33.1. The molecule has 0 radical (unpaired) electrons. The molecule has 2 bridgehead atoms. The number of aromatic nitrogens is 6. The zero-order valence-electron chi connectivity index (χ0n) is 27.6. The number of hydrogen-bond acceptors (Lipinski definition) is 7. The number of nitrogens with one attached hydrogen (secondary N) is 1. The Morgan fingerprint density at radius 2 is 1.75 bits per heavy atom. The summed E-state index contributed by atoms with van der Waals surface area (Å²) in [6, 6.07) is 24.3. The van der Waals surface area contributed by atoms with E-state index in [0.717, 1.165) is 78.3 Å². The largest absolute Gasteiger partial charge is 0.462 e. The van der Waals surface area contributed by atoms with Crippen molar-refractivity contribution in [2.75, 3.05) is 13.2 Å². The van der Waals surface area contributed by atoms with Crippen LogP contribution in [-0.4, -0.2) is 49.2 Å². The maximum absolute atomic E-state index is 14.2. The van der Waals surface area contributed by atoms with Gasteiger partial charge in [0.15, 0.2) is 5.82 Å². The predicted octanol–water partition coefficient (Wildman–Crippen LogP) is 7.04. The van der Waals surface area contributed by atoms with E-state index in [9.17, 15) is 9.59 Å². The number of aromatic amines is 1. The molecule has 3 aromatic carbocycles. The van der Waals surface area contributed by atoms with Crippen molar-refractivity contribution in [3.8, 4) is 22.5 Å². The second kappa shape index (κ2) is 13.7. The van der Waals surface area contributed by atoms with E-state index in [1.54, 1.807) is 0 Å². The van der Waals surface area contributed by atoms with Crippen LogP contribution < -0.4 is 5.56 Å². The second-order valence-corrected chi connectivity index (χ2v) is 13.0. The summed E-state index contributed by atoms with van der Waals surface area (Å²) in [4.78, 5) is 27.0. The number of hydrogen-bond donors (Lipinski definition) is 1. The molecular weight excluding hydrogens is 604 g/mol. The van der Waals surface area contributed by atoms with Crippen LogP contribution in [0.3, 0.4) is 0 Å². The van der Waals surface area contributed by atoms with Crippen molar-refractivity contribution >= 4 is 5.97 Å². The lowest BCUT2D eigenvalue weighted by Gasteiger charge is -2.49. The molecule has 4 heterocycles. The SMILES string of the molecule is CCCCC(OCC12CCC(CC1)n1cc(Cc3ccc(-c4ccccc4-c4nnn[nH]4)cc3)c(=O)n12)c1ccccc1C(=O)OCC. The minimum absolute atomic E-state index is 0.0623. The number of benzene rings is 3. The van der Waals surface area contributed by atoms with Crippen LogP contribution in [0.1, 0.15) is 98.0 Å². The van der Waals surface area contributed by atoms with Gasteiger partial charge in [0.2, 0.25) is 0 Å². The van der Waals surface area contributed by atoms with Gasteiger partial charge in [-0.2, -0.15) is 0 Å². The summed E-state index contributed by atoms with van der Waals surface area (Å²) in [5.74, 6) is 0.295. The lowest BCUT2D eigenvalue weighted by Crippen LogP contribution is -2.54. The molecule has 1 N–H and O–H groups in total. The van der Waals surface area contributed by atoms with Gasteiger partial charge in [-0.15, -0.1) is 5.10 Å². The van der Waals surface area contributed by atoms with Gasteiger partial charge in [0.25, 0.3) is 5.56 Å². The number of rotatable bonds is 13. The van der Waals surface area contributed by atoms with E-state index in [0.29, 0.717) is 37.1 Å². The van der Waals surface area contributed by atoms with E-state index in [1.807, 2.05) is 54.1 Å². The highest BCUT2D eigenvalue weighted by atomic mass is 16.5. The molecule has 2 aromatic heterocycles. The van der Waals surface area contributed by atoms with Gasteiger partial charge in [-0.25, -0.2) is 14.6 Å². The standard InChI is InChI=1S/C38H42N6O4/c1-3-5-14-34(31-11-7-9-13-33(31)37(46)47-4-2)48-25-38-21-19-29(20-22-38)43-24-28(36(45)44(38)43)23-26-15-17-27(18-16-26)30-10-6-8-12-32(30)35-39-41-42-40-35/h6-13,15-18,24,29,34H,3-5,14,19-23,25H2,1-2H3,(H,39,40,41,42). The van der Waals surface area contributed by atoms with Crippen molar-refractivity contribution in [1.29, 1.82) is 0 Å². The van der Waals surface area contributed by atoms with Gasteiger partial charge < -0.3 is 9.47 Å². The van der Waals surface area contributed by atoms with Crippen LogP contribution in [0.2, 0.25) is 0 Å². The van der Waals surface area contributed by atoms with Gasteiger partial charge >= 0.3 is 5.97 Å². The Kier molecular flexibility index (Phi) is 9.08. The average molecular weight is 647 g/mol. The maximum Gasteiger partial charge on any atom is 0.338 e. The molecular formula is C38H42N6O4. The number of tetrazole rings is 1. The van der Waals surface area contributed by atoms with E-state index in [2.05, 4.69) is 68.8 Å². The monoisotopic (exact) mass is 646 g/mol. The number of H-pyrrole nitrogens is 1. The van der Waals surface area contributed by atoms with E-state index < -0.39 is 5.54 Å². The van der Waals surface area contributed by atoms with Gasteiger partial charge in [-0.05, 0) is 77.8 Å². The molecule has 0 saturated heterocycles. The van der Waals surface area contributed by atoms with E-state index >= 15 is 0 Å². The number of fused-ring (bicyclic) bond motifs is 2. The van der Waals surface area contributed by atoms with Gasteiger partial charge in [0.1, 0.15) is 0 Å². The van der Waals surface area contributed by atoms with Crippen LogP contribution in [0.5, 0.6) is 0 Å². The van der Waals surface area contributed by atoms with Crippen LogP contribution >= 0.6 is 0 Å². The van der Waals surface area contributed by atoms with Gasteiger partial charge in [0, 0.05) is 23.7 Å². The molecule has 5 aromatic rings. The van der Waals surface area contributed by atoms with E-state index in [4.69, 9.17) is 9.47 Å². The Hall–Kier alpha value is -4.83. The summed E-state index contributed by atoms with van der Waals surface area (Å²) in [5.41, 5.74) is 5.93. The third-order valence-corrected chi connectivity index (χ3v) is 10.1. The highest BCUT2D eigenvalue weighted by Gasteiger charge is 2.46. The quantitative estimate of drug-likeness (QED) is 0.136. The molecule has 1 aliphatic carbocycles. The first-order chi connectivity index (χ1) is 23.5. The Labute approximate surface area is 280 Å². The third-order valence-electron chi connectivity index (χ3n) is 10.1. The lowest BCUT2D eigenvalue weighted by molar-refractivity contribution is -0.0643. The number of nitrogens with zero attached hydrogens (tertiary/aromatic N) is 5. The van der Waals surface area contributed by atoms with Crippen LogP contribution in [0.4, 0.5) is 0 Å².